The second-order valence-corrected chi connectivity index (χ2v) is 8.75. The first-order chi connectivity index (χ1) is 13.6. The summed E-state index contributed by atoms with van der Waals surface area (Å²) in [4.78, 5) is 17.4. The van der Waals surface area contributed by atoms with E-state index >= 15 is 0 Å². The van der Waals surface area contributed by atoms with Crippen LogP contribution in [0.25, 0.3) is 0 Å². The van der Waals surface area contributed by atoms with Gasteiger partial charge in [-0.15, -0.1) is 0 Å². The first-order valence-electron chi connectivity index (χ1n) is 10.3. The molecular formula is C22H29N3O2S. The molecule has 1 aliphatic carbocycles. The molecule has 0 bridgehead atoms. The number of imidazole rings is 1. The molecule has 1 aromatic heterocycles. The Morgan fingerprint density at radius 2 is 2.00 bits per heavy atom. The minimum absolute atomic E-state index is 0.0274. The number of ether oxygens (including phenoxy) is 1. The standard InChI is InChI=1S/C22H29N3O2S/c1-15-16(2)25(17-8-4-3-5-9-17)22(23-15)28-14-21(26)24-19-12-13-27-20-11-7-6-10-18(19)20/h6-7,10-11,17,19H,3-5,8-9,12-14H2,1-2H3,(H,24,26). The quantitative estimate of drug-likeness (QED) is 0.738. The number of fused-ring (bicyclic) bond motifs is 1. The smallest absolute Gasteiger partial charge is 0.230 e. The molecule has 2 heterocycles. The Morgan fingerprint density at radius 1 is 1.21 bits per heavy atom. The first kappa shape index (κ1) is 19.4. The summed E-state index contributed by atoms with van der Waals surface area (Å²) in [5.41, 5.74) is 3.39. The van der Waals surface area contributed by atoms with Crippen molar-refractivity contribution in [1.82, 2.24) is 14.9 Å². The highest BCUT2D eigenvalue weighted by molar-refractivity contribution is 7.99. The second-order valence-electron chi connectivity index (χ2n) is 7.81. The normalized spacial score (nSPS) is 19.7. The van der Waals surface area contributed by atoms with Gasteiger partial charge in [-0.25, -0.2) is 4.98 Å². The van der Waals surface area contributed by atoms with Crippen molar-refractivity contribution >= 4 is 17.7 Å². The molecule has 2 aromatic rings. The molecule has 1 aromatic carbocycles. The molecule has 1 aliphatic heterocycles. The number of aryl methyl sites for hydroxylation is 1. The highest BCUT2D eigenvalue weighted by atomic mass is 32.2. The molecular weight excluding hydrogens is 370 g/mol. The Kier molecular flexibility index (Phi) is 5.95. The molecule has 1 atom stereocenters. The van der Waals surface area contributed by atoms with Crippen molar-refractivity contribution in [3.05, 3.63) is 41.2 Å². The monoisotopic (exact) mass is 399 g/mol. The first-order valence-corrected chi connectivity index (χ1v) is 11.3. The van der Waals surface area contributed by atoms with Gasteiger partial charge in [0.2, 0.25) is 5.91 Å². The van der Waals surface area contributed by atoms with Crippen LogP contribution in [0.2, 0.25) is 0 Å². The molecule has 1 unspecified atom stereocenters. The van der Waals surface area contributed by atoms with Crippen LogP contribution >= 0.6 is 11.8 Å². The summed E-state index contributed by atoms with van der Waals surface area (Å²) < 4.78 is 8.08. The number of para-hydroxylation sites is 1. The molecule has 2 aliphatic rings. The molecule has 1 saturated carbocycles. The lowest BCUT2D eigenvalue weighted by Crippen LogP contribution is -2.33. The number of amides is 1. The van der Waals surface area contributed by atoms with Gasteiger partial charge >= 0.3 is 0 Å². The van der Waals surface area contributed by atoms with Crippen molar-refractivity contribution in [2.45, 2.75) is 69.6 Å². The molecule has 1 N–H and O–H groups in total. The summed E-state index contributed by atoms with van der Waals surface area (Å²) in [6, 6.07) is 8.52. The van der Waals surface area contributed by atoms with Gasteiger partial charge in [-0.05, 0) is 32.8 Å². The van der Waals surface area contributed by atoms with Gasteiger partial charge in [-0.1, -0.05) is 49.2 Å². The molecule has 0 radical (unpaired) electrons. The minimum Gasteiger partial charge on any atom is -0.493 e. The van der Waals surface area contributed by atoms with E-state index in [4.69, 9.17) is 9.72 Å². The number of nitrogens with zero attached hydrogens (tertiary/aromatic N) is 2. The van der Waals surface area contributed by atoms with E-state index in [1.54, 1.807) is 11.8 Å². The van der Waals surface area contributed by atoms with E-state index in [2.05, 4.69) is 23.7 Å². The van der Waals surface area contributed by atoms with Crippen LogP contribution < -0.4 is 10.1 Å². The molecule has 28 heavy (non-hydrogen) atoms. The SMILES string of the molecule is Cc1nc(SCC(=O)NC2CCOc3ccccc32)n(C2CCCCC2)c1C. The van der Waals surface area contributed by atoms with E-state index in [9.17, 15) is 4.79 Å². The molecule has 6 heteroatoms. The van der Waals surface area contributed by atoms with Gasteiger partial charge in [0.05, 0.1) is 24.1 Å². The number of carbonyl (C=O) groups excluding carboxylic acids is 1. The number of rotatable bonds is 5. The molecule has 0 spiro atoms. The number of thioether (sulfide) groups is 1. The Labute approximate surface area is 171 Å². The minimum atomic E-state index is 0.0274. The third-order valence-electron chi connectivity index (χ3n) is 5.92. The number of hydrogen-bond acceptors (Lipinski definition) is 4. The molecule has 1 fully saturated rings. The predicted molar refractivity (Wildman–Crippen MR) is 112 cm³/mol. The average molecular weight is 400 g/mol. The Bertz CT molecular complexity index is 842. The lowest BCUT2D eigenvalue weighted by atomic mass is 9.95. The van der Waals surface area contributed by atoms with E-state index < -0.39 is 0 Å². The fourth-order valence-corrected chi connectivity index (χ4v) is 5.30. The van der Waals surface area contributed by atoms with Gasteiger partial charge in [0, 0.05) is 23.7 Å². The van der Waals surface area contributed by atoms with Gasteiger partial charge in [0.25, 0.3) is 0 Å². The number of aromatic nitrogens is 2. The van der Waals surface area contributed by atoms with Crippen molar-refractivity contribution in [3.8, 4) is 5.75 Å². The van der Waals surface area contributed by atoms with Crippen LogP contribution in [0, 0.1) is 13.8 Å². The number of nitrogens with one attached hydrogen (secondary N) is 1. The fraction of sp³-hybridized carbons (Fsp3) is 0.545. The summed E-state index contributed by atoms with van der Waals surface area (Å²) in [6.07, 6.45) is 7.15. The highest BCUT2D eigenvalue weighted by Gasteiger charge is 2.25. The van der Waals surface area contributed by atoms with Crippen LogP contribution in [0.15, 0.2) is 29.4 Å². The second kappa shape index (κ2) is 8.60. The lowest BCUT2D eigenvalue weighted by molar-refractivity contribution is -0.119. The number of benzene rings is 1. The van der Waals surface area contributed by atoms with Gasteiger partial charge in [-0.3, -0.25) is 4.79 Å². The van der Waals surface area contributed by atoms with Crippen LogP contribution in [0.5, 0.6) is 5.75 Å². The Hall–Kier alpha value is -1.95. The molecule has 4 rings (SSSR count). The van der Waals surface area contributed by atoms with Gasteiger partial charge in [0.15, 0.2) is 5.16 Å². The predicted octanol–water partition coefficient (Wildman–Crippen LogP) is 4.74. The summed E-state index contributed by atoms with van der Waals surface area (Å²) in [6.45, 7) is 4.86. The van der Waals surface area contributed by atoms with E-state index in [1.807, 2.05) is 24.3 Å². The van der Waals surface area contributed by atoms with Gasteiger partial charge in [0.1, 0.15) is 5.75 Å². The van der Waals surface area contributed by atoms with Crippen LogP contribution in [0.4, 0.5) is 0 Å². The zero-order valence-electron chi connectivity index (χ0n) is 16.7. The van der Waals surface area contributed by atoms with Crippen molar-refractivity contribution < 1.29 is 9.53 Å². The maximum atomic E-state index is 12.7. The Morgan fingerprint density at radius 3 is 2.82 bits per heavy atom. The van der Waals surface area contributed by atoms with Crippen LogP contribution in [-0.4, -0.2) is 27.8 Å². The van der Waals surface area contributed by atoms with Crippen molar-refractivity contribution in [2.75, 3.05) is 12.4 Å². The largest absolute Gasteiger partial charge is 0.493 e. The number of carbonyl (C=O) groups is 1. The van der Waals surface area contributed by atoms with Gasteiger partial charge in [-0.2, -0.15) is 0 Å². The maximum Gasteiger partial charge on any atom is 0.230 e. The third kappa shape index (κ3) is 4.07. The van der Waals surface area contributed by atoms with E-state index in [-0.39, 0.29) is 11.9 Å². The number of hydrogen-bond donors (Lipinski definition) is 1. The maximum absolute atomic E-state index is 12.7. The van der Waals surface area contributed by atoms with E-state index in [0.717, 1.165) is 28.6 Å². The molecule has 5 nitrogen and oxygen atoms in total. The van der Waals surface area contributed by atoms with Crippen LogP contribution in [0.1, 0.15) is 67.6 Å². The topological polar surface area (TPSA) is 56.1 Å². The summed E-state index contributed by atoms with van der Waals surface area (Å²) >= 11 is 1.56. The van der Waals surface area contributed by atoms with Gasteiger partial charge < -0.3 is 14.6 Å². The van der Waals surface area contributed by atoms with Crippen molar-refractivity contribution in [2.24, 2.45) is 0 Å². The fourth-order valence-electron chi connectivity index (χ4n) is 4.33. The van der Waals surface area contributed by atoms with Crippen molar-refractivity contribution in [1.29, 1.82) is 0 Å². The summed E-state index contributed by atoms with van der Waals surface area (Å²) in [7, 11) is 0. The van der Waals surface area contributed by atoms with Crippen LogP contribution in [0.3, 0.4) is 0 Å². The van der Waals surface area contributed by atoms with E-state index in [0.29, 0.717) is 18.4 Å². The van der Waals surface area contributed by atoms with Crippen molar-refractivity contribution in [3.63, 3.8) is 0 Å². The summed E-state index contributed by atoms with van der Waals surface area (Å²) in [5.74, 6) is 1.33. The molecule has 150 valence electrons. The molecule has 0 saturated heterocycles. The summed E-state index contributed by atoms with van der Waals surface area (Å²) in [5, 5.41) is 4.18. The highest BCUT2D eigenvalue weighted by Crippen LogP contribution is 2.35. The van der Waals surface area contributed by atoms with Crippen LogP contribution in [-0.2, 0) is 4.79 Å². The van der Waals surface area contributed by atoms with E-state index in [1.165, 1.54) is 37.8 Å². The molecule has 1 amide bonds. The third-order valence-corrected chi connectivity index (χ3v) is 6.87. The Balaban J connectivity index is 1.41. The zero-order chi connectivity index (χ0) is 19.5. The lowest BCUT2D eigenvalue weighted by Gasteiger charge is -2.27. The average Bonchev–Trinajstić information content (AvgIpc) is 3.01. The zero-order valence-corrected chi connectivity index (χ0v) is 17.6.